The topological polar surface area (TPSA) is 46.2 Å². The lowest BCUT2D eigenvalue weighted by atomic mass is 10.2. The lowest BCUT2D eigenvalue weighted by molar-refractivity contribution is 0.223. The Bertz CT molecular complexity index is 157. The Labute approximate surface area is 61.4 Å². The van der Waals surface area contributed by atoms with Gasteiger partial charge in [-0.3, -0.25) is 0 Å². The summed E-state index contributed by atoms with van der Waals surface area (Å²) in [5.41, 5.74) is 5.86. The van der Waals surface area contributed by atoms with Crippen molar-refractivity contribution < 1.29 is 5.11 Å². The molecule has 0 aliphatic heterocycles. The van der Waals surface area contributed by atoms with Gasteiger partial charge in [0.05, 0.1) is 0 Å². The van der Waals surface area contributed by atoms with E-state index in [4.69, 9.17) is 10.8 Å². The van der Waals surface area contributed by atoms with E-state index in [0.717, 1.165) is 0 Å². The second kappa shape index (κ2) is 4.97. The first-order chi connectivity index (χ1) is 4.72. The third kappa shape index (κ3) is 3.22. The SMILES string of the molecule is C=C/C=C(\C=C/C)C(N)O. The predicted octanol–water partition coefficient (Wildman–Crippen LogP) is 0.952. The molecule has 0 aliphatic rings. The van der Waals surface area contributed by atoms with E-state index in [9.17, 15) is 0 Å². The van der Waals surface area contributed by atoms with Gasteiger partial charge in [0.25, 0.3) is 0 Å². The van der Waals surface area contributed by atoms with E-state index in [2.05, 4.69) is 6.58 Å². The van der Waals surface area contributed by atoms with Crippen LogP contribution < -0.4 is 5.73 Å². The Morgan fingerprint density at radius 3 is 2.60 bits per heavy atom. The van der Waals surface area contributed by atoms with Crippen molar-refractivity contribution in [3.63, 3.8) is 0 Å². The van der Waals surface area contributed by atoms with Crippen molar-refractivity contribution in [2.45, 2.75) is 13.2 Å². The highest BCUT2D eigenvalue weighted by Crippen LogP contribution is 1.99. The Morgan fingerprint density at radius 1 is 1.70 bits per heavy atom. The molecule has 0 amide bonds. The molecule has 2 heteroatoms. The van der Waals surface area contributed by atoms with Crippen molar-refractivity contribution >= 4 is 0 Å². The van der Waals surface area contributed by atoms with Crippen LogP contribution in [0.2, 0.25) is 0 Å². The molecule has 3 N–H and O–H groups in total. The van der Waals surface area contributed by atoms with Gasteiger partial charge in [0.1, 0.15) is 6.23 Å². The van der Waals surface area contributed by atoms with Gasteiger partial charge < -0.3 is 10.8 Å². The van der Waals surface area contributed by atoms with Crippen LogP contribution >= 0.6 is 0 Å². The molecule has 0 radical (unpaired) electrons. The molecule has 0 aromatic rings. The van der Waals surface area contributed by atoms with E-state index in [1.165, 1.54) is 0 Å². The fraction of sp³-hybridized carbons (Fsp3) is 0.250. The molecule has 10 heavy (non-hydrogen) atoms. The number of hydrogen-bond donors (Lipinski definition) is 2. The van der Waals surface area contributed by atoms with Gasteiger partial charge in [-0.1, -0.05) is 30.9 Å². The van der Waals surface area contributed by atoms with E-state index >= 15 is 0 Å². The molecule has 0 aliphatic carbocycles. The molecule has 1 unspecified atom stereocenters. The molecule has 2 nitrogen and oxygen atoms in total. The molecule has 0 saturated heterocycles. The van der Waals surface area contributed by atoms with E-state index in [-0.39, 0.29) is 0 Å². The zero-order valence-corrected chi connectivity index (χ0v) is 6.12. The van der Waals surface area contributed by atoms with Crippen LogP contribution in [0.1, 0.15) is 6.92 Å². The number of aliphatic hydroxyl groups excluding tert-OH is 1. The summed E-state index contributed by atoms with van der Waals surface area (Å²) in [7, 11) is 0. The van der Waals surface area contributed by atoms with Crippen molar-refractivity contribution in [3.05, 3.63) is 36.5 Å². The van der Waals surface area contributed by atoms with Crippen LogP contribution in [0, 0.1) is 0 Å². The number of nitrogens with two attached hydrogens (primary N) is 1. The summed E-state index contributed by atoms with van der Waals surface area (Å²) >= 11 is 0. The minimum atomic E-state index is -0.908. The van der Waals surface area contributed by atoms with E-state index in [1.54, 1.807) is 18.2 Å². The van der Waals surface area contributed by atoms with Gasteiger partial charge in [0, 0.05) is 0 Å². The third-order valence-electron chi connectivity index (χ3n) is 1.01. The summed E-state index contributed by atoms with van der Waals surface area (Å²) in [6.45, 7) is 5.35. The number of aliphatic hydroxyl groups is 1. The van der Waals surface area contributed by atoms with Crippen molar-refractivity contribution in [1.29, 1.82) is 0 Å². The average molecular weight is 139 g/mol. The lowest BCUT2D eigenvalue weighted by Crippen LogP contribution is -2.20. The van der Waals surface area contributed by atoms with Crippen molar-refractivity contribution in [2.75, 3.05) is 0 Å². The van der Waals surface area contributed by atoms with E-state index < -0.39 is 6.23 Å². The largest absolute Gasteiger partial charge is 0.375 e. The molecule has 0 spiro atoms. The molecule has 0 aromatic carbocycles. The van der Waals surface area contributed by atoms with Gasteiger partial charge in [0.15, 0.2) is 0 Å². The van der Waals surface area contributed by atoms with Crippen LogP contribution in [-0.2, 0) is 0 Å². The number of rotatable bonds is 3. The summed E-state index contributed by atoms with van der Waals surface area (Å²) in [6.07, 6.45) is 5.91. The fourth-order valence-corrected chi connectivity index (χ4v) is 0.581. The van der Waals surface area contributed by atoms with Crippen LogP contribution in [-0.4, -0.2) is 11.3 Å². The van der Waals surface area contributed by atoms with Crippen molar-refractivity contribution in [3.8, 4) is 0 Å². The summed E-state index contributed by atoms with van der Waals surface area (Å²) in [4.78, 5) is 0. The maximum Gasteiger partial charge on any atom is 0.128 e. The molecule has 0 heterocycles. The summed E-state index contributed by atoms with van der Waals surface area (Å²) < 4.78 is 0. The standard InChI is InChI=1S/C8H13NO/c1-3-5-7(6-4-2)8(9)10/h3-6,8,10H,1,9H2,2H3/b6-4-,7-5+. The van der Waals surface area contributed by atoms with Crippen molar-refractivity contribution in [2.24, 2.45) is 5.73 Å². The van der Waals surface area contributed by atoms with Gasteiger partial charge >= 0.3 is 0 Å². The fourth-order valence-electron chi connectivity index (χ4n) is 0.581. The van der Waals surface area contributed by atoms with Gasteiger partial charge in [-0.15, -0.1) is 0 Å². The average Bonchev–Trinajstić information content (AvgIpc) is 1.87. The second-order valence-electron chi connectivity index (χ2n) is 1.85. The molecule has 0 fully saturated rings. The summed E-state index contributed by atoms with van der Waals surface area (Å²) in [5, 5.41) is 8.88. The van der Waals surface area contributed by atoms with E-state index in [0.29, 0.717) is 5.57 Å². The minimum absolute atomic E-state index is 0.664. The smallest absolute Gasteiger partial charge is 0.128 e. The quantitative estimate of drug-likeness (QED) is 0.451. The van der Waals surface area contributed by atoms with Crippen LogP contribution in [0.25, 0.3) is 0 Å². The van der Waals surface area contributed by atoms with Gasteiger partial charge in [-0.25, -0.2) is 0 Å². The van der Waals surface area contributed by atoms with Gasteiger partial charge in [-0.05, 0) is 12.5 Å². The summed E-state index contributed by atoms with van der Waals surface area (Å²) in [6, 6.07) is 0. The Balaban J connectivity index is 4.25. The second-order valence-corrected chi connectivity index (χ2v) is 1.85. The van der Waals surface area contributed by atoms with Crippen LogP contribution in [0.4, 0.5) is 0 Å². The highest BCUT2D eigenvalue weighted by atomic mass is 16.3. The normalized spacial score (nSPS) is 15.7. The van der Waals surface area contributed by atoms with Gasteiger partial charge in [0.2, 0.25) is 0 Å². The monoisotopic (exact) mass is 139 g/mol. The number of hydrogen-bond acceptors (Lipinski definition) is 2. The predicted molar refractivity (Wildman–Crippen MR) is 43.3 cm³/mol. The van der Waals surface area contributed by atoms with Crippen molar-refractivity contribution in [1.82, 2.24) is 0 Å². The first-order valence-corrected chi connectivity index (χ1v) is 3.11. The zero-order chi connectivity index (χ0) is 7.98. The minimum Gasteiger partial charge on any atom is -0.375 e. The zero-order valence-electron chi connectivity index (χ0n) is 6.12. The maximum atomic E-state index is 8.88. The Morgan fingerprint density at radius 2 is 2.30 bits per heavy atom. The molecule has 0 bridgehead atoms. The first-order valence-electron chi connectivity index (χ1n) is 3.11. The first kappa shape index (κ1) is 9.14. The van der Waals surface area contributed by atoms with Crippen LogP contribution in [0.15, 0.2) is 36.5 Å². The Kier molecular flexibility index (Phi) is 4.54. The summed E-state index contributed by atoms with van der Waals surface area (Å²) in [5.74, 6) is 0. The molecule has 0 saturated carbocycles. The maximum absolute atomic E-state index is 8.88. The van der Waals surface area contributed by atoms with Crippen LogP contribution in [0.5, 0.6) is 0 Å². The molecular formula is C8H13NO. The Hall–Kier alpha value is -0.860. The molecule has 1 atom stereocenters. The third-order valence-corrected chi connectivity index (χ3v) is 1.01. The van der Waals surface area contributed by atoms with Gasteiger partial charge in [-0.2, -0.15) is 0 Å². The highest BCUT2D eigenvalue weighted by molar-refractivity contribution is 5.25. The molecular weight excluding hydrogens is 126 g/mol. The van der Waals surface area contributed by atoms with Crippen LogP contribution in [0.3, 0.4) is 0 Å². The molecule has 0 rings (SSSR count). The highest BCUT2D eigenvalue weighted by Gasteiger charge is 1.97. The molecule has 0 aromatic heterocycles. The lowest BCUT2D eigenvalue weighted by Gasteiger charge is -2.02. The number of allylic oxidation sites excluding steroid dienone is 3. The van der Waals surface area contributed by atoms with E-state index in [1.807, 2.05) is 13.0 Å². The molecule has 56 valence electrons.